The van der Waals surface area contributed by atoms with E-state index < -0.39 is 0 Å². The molecule has 2 aromatic carbocycles. The zero-order valence-electron chi connectivity index (χ0n) is 14.7. The minimum Gasteiger partial charge on any atom is -0.493 e. The summed E-state index contributed by atoms with van der Waals surface area (Å²) in [5, 5.41) is 12.6. The Labute approximate surface area is 144 Å². The van der Waals surface area contributed by atoms with Crippen molar-refractivity contribution in [1.29, 1.82) is 0 Å². The number of aryl methyl sites for hydroxylation is 1. The summed E-state index contributed by atoms with van der Waals surface area (Å²) in [5.74, 6) is 1.46. The van der Waals surface area contributed by atoms with Gasteiger partial charge in [-0.25, -0.2) is 0 Å². The summed E-state index contributed by atoms with van der Waals surface area (Å²) in [4.78, 5) is 0. The number of aliphatic hydroxyl groups is 1. The van der Waals surface area contributed by atoms with Crippen molar-refractivity contribution in [2.24, 2.45) is 0 Å². The van der Waals surface area contributed by atoms with Crippen LogP contribution in [0, 0.1) is 6.92 Å². The van der Waals surface area contributed by atoms with Crippen molar-refractivity contribution in [2.45, 2.75) is 39.5 Å². The second-order valence-corrected chi connectivity index (χ2v) is 5.87. The highest BCUT2D eigenvalue weighted by molar-refractivity contribution is 5.43. The first-order valence-corrected chi connectivity index (χ1v) is 8.36. The third-order valence-corrected chi connectivity index (χ3v) is 4.18. The smallest absolute Gasteiger partial charge is 0.161 e. The molecule has 0 aliphatic heterocycles. The molecule has 130 valence electrons. The maximum Gasteiger partial charge on any atom is 0.161 e. The van der Waals surface area contributed by atoms with Crippen molar-refractivity contribution in [3.8, 4) is 11.5 Å². The zero-order chi connectivity index (χ0) is 17.4. The molecule has 0 saturated heterocycles. The number of hydrogen-bond donors (Lipinski definition) is 2. The molecule has 2 N–H and O–H groups in total. The maximum absolute atomic E-state index is 9.24. The van der Waals surface area contributed by atoms with E-state index in [2.05, 4.69) is 31.3 Å². The van der Waals surface area contributed by atoms with Crippen LogP contribution < -0.4 is 14.8 Å². The van der Waals surface area contributed by atoms with E-state index in [-0.39, 0.29) is 12.6 Å². The van der Waals surface area contributed by atoms with E-state index in [1.807, 2.05) is 30.3 Å². The highest BCUT2D eigenvalue weighted by Crippen LogP contribution is 2.29. The minimum absolute atomic E-state index is 0.118. The summed E-state index contributed by atoms with van der Waals surface area (Å²) in [6, 6.07) is 14.2. The van der Waals surface area contributed by atoms with E-state index in [9.17, 15) is 5.11 Å². The Kier molecular flexibility index (Phi) is 7.09. The molecule has 0 aromatic heterocycles. The van der Waals surface area contributed by atoms with Gasteiger partial charge in [0.25, 0.3) is 0 Å². The molecular formula is C20H27NO3. The van der Waals surface area contributed by atoms with E-state index >= 15 is 0 Å². The molecule has 0 spiro atoms. The van der Waals surface area contributed by atoms with Crippen LogP contribution in [-0.4, -0.2) is 24.9 Å². The van der Waals surface area contributed by atoms with Crippen LogP contribution in [-0.2, 0) is 13.2 Å². The molecule has 2 aromatic rings. The van der Waals surface area contributed by atoms with Gasteiger partial charge in [0.05, 0.1) is 13.7 Å². The van der Waals surface area contributed by atoms with E-state index in [0.717, 1.165) is 23.5 Å². The standard InChI is InChI=1S/C20H27NO3/c1-4-18(13-22)21-12-16-9-10-19(20(11-16)23-3)24-14-17-8-6-5-7-15(17)2/h5-11,18,21-22H,4,12-14H2,1-3H3/t18-/m0/s1. The largest absolute Gasteiger partial charge is 0.493 e. The SMILES string of the molecule is CC[C@@H](CO)NCc1ccc(OCc2ccccc2C)c(OC)c1. The Morgan fingerprint density at radius 2 is 1.92 bits per heavy atom. The van der Waals surface area contributed by atoms with Crippen molar-refractivity contribution < 1.29 is 14.6 Å². The van der Waals surface area contributed by atoms with Crippen molar-refractivity contribution in [1.82, 2.24) is 5.32 Å². The fraction of sp³-hybridized carbons (Fsp3) is 0.400. The molecule has 4 nitrogen and oxygen atoms in total. The molecule has 2 rings (SSSR count). The Morgan fingerprint density at radius 3 is 2.58 bits per heavy atom. The number of rotatable bonds is 9. The van der Waals surface area contributed by atoms with Crippen molar-refractivity contribution >= 4 is 0 Å². The Morgan fingerprint density at radius 1 is 1.12 bits per heavy atom. The van der Waals surface area contributed by atoms with Crippen LogP contribution >= 0.6 is 0 Å². The van der Waals surface area contributed by atoms with Gasteiger partial charge in [0.1, 0.15) is 6.61 Å². The lowest BCUT2D eigenvalue weighted by molar-refractivity contribution is 0.238. The molecule has 0 unspecified atom stereocenters. The van der Waals surface area contributed by atoms with Gasteiger partial charge < -0.3 is 19.9 Å². The van der Waals surface area contributed by atoms with Gasteiger partial charge in [0.15, 0.2) is 11.5 Å². The molecular weight excluding hydrogens is 302 g/mol. The minimum atomic E-state index is 0.118. The lowest BCUT2D eigenvalue weighted by Crippen LogP contribution is -2.31. The van der Waals surface area contributed by atoms with Crippen LogP contribution in [0.2, 0.25) is 0 Å². The number of ether oxygens (including phenoxy) is 2. The number of hydrogen-bond acceptors (Lipinski definition) is 4. The van der Waals surface area contributed by atoms with Crippen LogP contribution in [0.4, 0.5) is 0 Å². The Balaban J connectivity index is 2.02. The normalized spacial score (nSPS) is 12.0. The first-order chi connectivity index (χ1) is 11.7. The van der Waals surface area contributed by atoms with Crippen molar-refractivity contribution in [3.63, 3.8) is 0 Å². The molecule has 1 atom stereocenters. The van der Waals surface area contributed by atoms with Crippen molar-refractivity contribution in [3.05, 3.63) is 59.2 Å². The molecule has 0 saturated carbocycles. The molecule has 0 aliphatic carbocycles. The van der Waals surface area contributed by atoms with Crippen LogP contribution in [0.25, 0.3) is 0 Å². The van der Waals surface area contributed by atoms with E-state index in [1.54, 1.807) is 7.11 Å². The summed E-state index contributed by atoms with van der Waals surface area (Å²) >= 11 is 0. The van der Waals surface area contributed by atoms with E-state index in [1.165, 1.54) is 11.1 Å². The van der Waals surface area contributed by atoms with Gasteiger partial charge in [0, 0.05) is 12.6 Å². The molecule has 0 fully saturated rings. The zero-order valence-corrected chi connectivity index (χ0v) is 14.7. The summed E-state index contributed by atoms with van der Waals surface area (Å²) in [5.41, 5.74) is 3.48. The predicted molar refractivity (Wildman–Crippen MR) is 96.5 cm³/mol. The summed E-state index contributed by atoms with van der Waals surface area (Å²) in [6.07, 6.45) is 0.894. The van der Waals surface area contributed by atoms with Crippen LogP contribution in [0.1, 0.15) is 30.0 Å². The van der Waals surface area contributed by atoms with Crippen LogP contribution in [0.15, 0.2) is 42.5 Å². The number of methoxy groups -OCH3 is 1. The second kappa shape index (κ2) is 9.30. The van der Waals surface area contributed by atoms with Gasteiger partial charge in [-0.15, -0.1) is 0 Å². The van der Waals surface area contributed by atoms with Gasteiger partial charge >= 0.3 is 0 Å². The molecule has 0 amide bonds. The Hall–Kier alpha value is -2.04. The number of nitrogens with one attached hydrogen (secondary N) is 1. The highest BCUT2D eigenvalue weighted by Gasteiger charge is 2.09. The lowest BCUT2D eigenvalue weighted by Gasteiger charge is -2.16. The lowest BCUT2D eigenvalue weighted by atomic mass is 10.1. The molecule has 4 heteroatoms. The van der Waals surface area contributed by atoms with Gasteiger partial charge in [-0.05, 0) is 42.2 Å². The van der Waals surface area contributed by atoms with Gasteiger partial charge in [-0.1, -0.05) is 37.3 Å². The number of aliphatic hydroxyl groups excluding tert-OH is 1. The monoisotopic (exact) mass is 329 g/mol. The fourth-order valence-electron chi connectivity index (χ4n) is 2.47. The third-order valence-electron chi connectivity index (χ3n) is 4.18. The second-order valence-electron chi connectivity index (χ2n) is 5.87. The van der Waals surface area contributed by atoms with E-state index in [0.29, 0.717) is 13.2 Å². The van der Waals surface area contributed by atoms with Gasteiger partial charge in [-0.2, -0.15) is 0 Å². The quantitative estimate of drug-likeness (QED) is 0.740. The van der Waals surface area contributed by atoms with Crippen LogP contribution in [0.3, 0.4) is 0 Å². The van der Waals surface area contributed by atoms with Crippen molar-refractivity contribution in [2.75, 3.05) is 13.7 Å². The highest BCUT2D eigenvalue weighted by atomic mass is 16.5. The molecule has 0 heterocycles. The molecule has 0 aliphatic rings. The Bertz CT molecular complexity index is 639. The number of benzene rings is 2. The van der Waals surface area contributed by atoms with Crippen LogP contribution in [0.5, 0.6) is 11.5 Å². The van der Waals surface area contributed by atoms with E-state index in [4.69, 9.17) is 9.47 Å². The topological polar surface area (TPSA) is 50.7 Å². The first kappa shape index (κ1) is 18.3. The fourth-order valence-corrected chi connectivity index (χ4v) is 2.47. The molecule has 0 radical (unpaired) electrons. The maximum atomic E-state index is 9.24. The summed E-state index contributed by atoms with van der Waals surface area (Å²) < 4.78 is 11.4. The third kappa shape index (κ3) is 4.98. The first-order valence-electron chi connectivity index (χ1n) is 8.36. The average Bonchev–Trinajstić information content (AvgIpc) is 2.62. The summed E-state index contributed by atoms with van der Waals surface area (Å²) in [6.45, 7) is 5.48. The average molecular weight is 329 g/mol. The molecule has 0 bridgehead atoms. The van der Waals surface area contributed by atoms with Gasteiger partial charge in [-0.3, -0.25) is 0 Å². The summed E-state index contributed by atoms with van der Waals surface area (Å²) in [7, 11) is 1.65. The van der Waals surface area contributed by atoms with Gasteiger partial charge in [0.2, 0.25) is 0 Å². The molecule has 24 heavy (non-hydrogen) atoms. The predicted octanol–water partition coefficient (Wildman–Crippen LogP) is 3.44.